The molecule has 3 heterocycles. The summed E-state index contributed by atoms with van der Waals surface area (Å²) in [4.78, 5) is 15.2. The minimum absolute atomic E-state index is 0.00943. The van der Waals surface area contributed by atoms with Crippen molar-refractivity contribution < 1.29 is 22.0 Å². The number of hydrogen-bond donors (Lipinski definition) is 0. The van der Waals surface area contributed by atoms with E-state index in [0.717, 1.165) is 32.3 Å². The molecular weight excluding hydrogens is 422 g/mol. The Morgan fingerprint density at radius 1 is 1.14 bits per heavy atom. The zero-order chi connectivity index (χ0) is 20.9. The molecule has 0 aliphatic carbocycles. The van der Waals surface area contributed by atoms with E-state index in [1.54, 1.807) is 15.6 Å². The number of halogens is 2. The van der Waals surface area contributed by atoms with E-state index in [1.165, 1.54) is 11.3 Å². The van der Waals surface area contributed by atoms with Crippen LogP contribution < -0.4 is 0 Å². The Morgan fingerprint density at radius 3 is 2.48 bits per heavy atom. The molecular formula is C18H18F2N4O3S2. The molecule has 0 spiro atoms. The molecule has 0 N–H and O–H groups in total. The maximum absolute atomic E-state index is 13.9. The lowest BCUT2D eigenvalue weighted by atomic mass is 10.3. The van der Waals surface area contributed by atoms with Crippen LogP contribution in [-0.4, -0.2) is 59.5 Å². The highest BCUT2D eigenvalue weighted by Crippen LogP contribution is 2.29. The fourth-order valence-electron chi connectivity index (χ4n) is 3.41. The van der Waals surface area contributed by atoms with Crippen molar-refractivity contribution in [3.63, 3.8) is 0 Å². The van der Waals surface area contributed by atoms with E-state index < -0.39 is 26.6 Å². The molecule has 1 aliphatic heterocycles. The van der Waals surface area contributed by atoms with Crippen LogP contribution in [0.3, 0.4) is 0 Å². The van der Waals surface area contributed by atoms with Crippen molar-refractivity contribution >= 4 is 37.5 Å². The number of hydrogen-bond acceptors (Lipinski definition) is 5. The number of nitrogens with zero attached hydrogens (tertiary/aromatic N) is 4. The Hall–Kier alpha value is -2.37. The van der Waals surface area contributed by atoms with Gasteiger partial charge in [-0.25, -0.2) is 17.2 Å². The van der Waals surface area contributed by atoms with E-state index in [1.807, 2.05) is 14.0 Å². The van der Waals surface area contributed by atoms with Crippen LogP contribution >= 0.6 is 11.3 Å². The highest BCUT2D eigenvalue weighted by atomic mass is 32.2. The highest BCUT2D eigenvalue weighted by molar-refractivity contribution is 7.89. The molecule has 0 radical (unpaired) electrons. The van der Waals surface area contributed by atoms with Gasteiger partial charge in [0.2, 0.25) is 10.0 Å². The SMILES string of the molecule is Cc1nn(C)c2sc(C(=O)N3CCN(S(=O)(=O)c4cc(F)ccc4F)CC3)cc12. The van der Waals surface area contributed by atoms with Gasteiger partial charge in [-0.3, -0.25) is 9.48 Å². The summed E-state index contributed by atoms with van der Waals surface area (Å²) >= 11 is 1.34. The number of aryl methyl sites for hydroxylation is 2. The monoisotopic (exact) mass is 440 g/mol. The summed E-state index contributed by atoms with van der Waals surface area (Å²) in [5.41, 5.74) is 0.839. The third kappa shape index (κ3) is 3.43. The van der Waals surface area contributed by atoms with Gasteiger partial charge < -0.3 is 4.90 Å². The smallest absolute Gasteiger partial charge is 0.264 e. The second-order valence-corrected chi connectivity index (χ2v) is 9.75. The van der Waals surface area contributed by atoms with Crippen LogP contribution in [0.15, 0.2) is 29.2 Å². The van der Waals surface area contributed by atoms with Gasteiger partial charge in [-0.2, -0.15) is 9.40 Å². The number of piperazine rings is 1. The maximum atomic E-state index is 13.9. The first-order valence-electron chi connectivity index (χ1n) is 8.86. The number of benzene rings is 1. The molecule has 0 unspecified atom stereocenters. The Labute approximate surface area is 170 Å². The normalized spacial score (nSPS) is 15.9. The lowest BCUT2D eigenvalue weighted by Crippen LogP contribution is -2.50. The van der Waals surface area contributed by atoms with Crippen molar-refractivity contribution in [2.75, 3.05) is 26.2 Å². The van der Waals surface area contributed by atoms with Crippen LogP contribution in [0.25, 0.3) is 10.2 Å². The Bertz CT molecular complexity index is 1180. The molecule has 29 heavy (non-hydrogen) atoms. The molecule has 3 aromatic rings. The predicted octanol–water partition coefficient (Wildman–Crippen LogP) is 2.37. The standard InChI is InChI=1S/C18H18F2N4O3S2/c1-11-13-10-15(28-18(13)22(2)21-11)17(25)23-5-7-24(8-6-23)29(26,27)16-9-12(19)3-4-14(16)20/h3-4,9-10H,5-8H2,1-2H3. The molecule has 0 atom stereocenters. The Morgan fingerprint density at radius 2 is 1.83 bits per heavy atom. The summed E-state index contributed by atoms with van der Waals surface area (Å²) in [7, 11) is -2.37. The number of sulfonamides is 1. The van der Waals surface area contributed by atoms with E-state index in [4.69, 9.17) is 0 Å². The van der Waals surface area contributed by atoms with E-state index in [0.29, 0.717) is 10.9 Å². The molecule has 0 saturated carbocycles. The molecule has 0 bridgehead atoms. The zero-order valence-corrected chi connectivity index (χ0v) is 17.4. The first-order valence-corrected chi connectivity index (χ1v) is 11.1. The average molecular weight is 440 g/mol. The molecule has 1 aliphatic rings. The topological polar surface area (TPSA) is 75.5 Å². The van der Waals surface area contributed by atoms with Gasteiger partial charge in [0.25, 0.3) is 5.91 Å². The van der Waals surface area contributed by atoms with Gasteiger partial charge in [-0.1, -0.05) is 0 Å². The van der Waals surface area contributed by atoms with Crippen LogP contribution in [0.5, 0.6) is 0 Å². The van der Waals surface area contributed by atoms with Crippen LogP contribution in [0.2, 0.25) is 0 Å². The number of rotatable bonds is 3. The first kappa shape index (κ1) is 19.9. The highest BCUT2D eigenvalue weighted by Gasteiger charge is 2.33. The average Bonchev–Trinajstić information content (AvgIpc) is 3.24. The fourth-order valence-corrected chi connectivity index (χ4v) is 6.00. The van der Waals surface area contributed by atoms with Crippen molar-refractivity contribution in [2.45, 2.75) is 11.8 Å². The third-order valence-electron chi connectivity index (χ3n) is 4.94. The number of amides is 1. The van der Waals surface area contributed by atoms with Crippen LogP contribution in [0.4, 0.5) is 8.78 Å². The van der Waals surface area contributed by atoms with Gasteiger partial charge >= 0.3 is 0 Å². The Kier molecular flexibility index (Phi) is 4.91. The zero-order valence-electron chi connectivity index (χ0n) is 15.7. The van der Waals surface area contributed by atoms with Crippen molar-refractivity contribution in [1.29, 1.82) is 0 Å². The van der Waals surface area contributed by atoms with E-state index in [2.05, 4.69) is 5.10 Å². The molecule has 1 amide bonds. The van der Waals surface area contributed by atoms with Crippen molar-refractivity contribution in [1.82, 2.24) is 19.0 Å². The van der Waals surface area contributed by atoms with Crippen molar-refractivity contribution in [2.24, 2.45) is 7.05 Å². The van der Waals surface area contributed by atoms with Gasteiger partial charge in [0.15, 0.2) is 0 Å². The van der Waals surface area contributed by atoms with Crippen molar-refractivity contribution in [3.8, 4) is 0 Å². The second-order valence-electron chi connectivity index (χ2n) is 6.81. The summed E-state index contributed by atoms with van der Waals surface area (Å²) in [5, 5.41) is 5.23. The van der Waals surface area contributed by atoms with Crippen molar-refractivity contribution in [3.05, 3.63) is 46.5 Å². The van der Waals surface area contributed by atoms with E-state index in [9.17, 15) is 22.0 Å². The molecule has 1 saturated heterocycles. The summed E-state index contributed by atoms with van der Waals surface area (Å²) < 4.78 is 55.5. The Balaban J connectivity index is 1.50. The number of carbonyl (C=O) groups is 1. The largest absolute Gasteiger partial charge is 0.335 e. The molecule has 4 rings (SSSR count). The quantitative estimate of drug-likeness (QED) is 0.627. The first-order chi connectivity index (χ1) is 13.7. The summed E-state index contributed by atoms with van der Waals surface area (Å²) in [6.07, 6.45) is 0. The minimum atomic E-state index is -4.18. The maximum Gasteiger partial charge on any atom is 0.264 e. The van der Waals surface area contributed by atoms with Gasteiger partial charge in [0.1, 0.15) is 21.4 Å². The molecule has 2 aromatic heterocycles. The molecule has 11 heteroatoms. The molecule has 1 fully saturated rings. The lowest BCUT2D eigenvalue weighted by molar-refractivity contribution is 0.0702. The van der Waals surface area contributed by atoms with Gasteiger partial charge in [0.05, 0.1) is 10.6 Å². The van der Waals surface area contributed by atoms with E-state index >= 15 is 0 Å². The summed E-state index contributed by atoms with van der Waals surface area (Å²) in [6, 6.07) is 4.14. The second kappa shape index (κ2) is 7.15. The number of fused-ring (bicyclic) bond motifs is 1. The third-order valence-corrected chi connectivity index (χ3v) is 8.05. The number of thiophene rings is 1. The number of carbonyl (C=O) groups excluding carboxylic acids is 1. The summed E-state index contributed by atoms with van der Waals surface area (Å²) in [6.45, 7) is 2.23. The molecule has 7 nitrogen and oxygen atoms in total. The van der Waals surface area contributed by atoms with Crippen LogP contribution in [0.1, 0.15) is 15.4 Å². The fraction of sp³-hybridized carbons (Fsp3) is 0.333. The predicted molar refractivity (Wildman–Crippen MR) is 104 cm³/mol. The van der Waals surface area contributed by atoms with E-state index in [-0.39, 0.29) is 32.1 Å². The molecule has 1 aromatic carbocycles. The van der Waals surface area contributed by atoms with Crippen LogP contribution in [0, 0.1) is 18.6 Å². The molecule has 154 valence electrons. The van der Waals surface area contributed by atoms with Crippen LogP contribution in [-0.2, 0) is 17.1 Å². The van der Waals surface area contributed by atoms with Gasteiger partial charge in [0, 0.05) is 38.6 Å². The van der Waals surface area contributed by atoms with Gasteiger partial charge in [-0.15, -0.1) is 11.3 Å². The minimum Gasteiger partial charge on any atom is -0.335 e. The number of aromatic nitrogens is 2. The lowest BCUT2D eigenvalue weighted by Gasteiger charge is -2.33. The van der Waals surface area contributed by atoms with Gasteiger partial charge in [-0.05, 0) is 31.2 Å². The summed E-state index contributed by atoms with van der Waals surface area (Å²) in [5.74, 6) is -2.01.